The monoisotopic (exact) mass is 353 g/mol. The summed E-state index contributed by atoms with van der Waals surface area (Å²) in [6.07, 6.45) is 2.04. The van der Waals surface area contributed by atoms with E-state index in [1.54, 1.807) is 30.3 Å². The van der Waals surface area contributed by atoms with Crippen molar-refractivity contribution >= 4 is 17.3 Å². The molecule has 0 radical (unpaired) electrons. The van der Waals surface area contributed by atoms with E-state index in [9.17, 15) is 13.6 Å². The minimum atomic E-state index is -0.394. The smallest absolute Gasteiger partial charge is 0.274 e. The molecule has 1 heterocycles. The summed E-state index contributed by atoms with van der Waals surface area (Å²) < 4.78 is 26.5. The Bertz CT molecular complexity index is 898. The maximum atomic E-state index is 13.6. The number of hydrogen-bond donors (Lipinski definition) is 2. The lowest BCUT2D eigenvalue weighted by atomic mass is 10.1. The van der Waals surface area contributed by atoms with Gasteiger partial charge in [0.15, 0.2) is 0 Å². The van der Waals surface area contributed by atoms with Crippen LogP contribution >= 0.6 is 0 Å². The number of rotatable bonds is 6. The topological polar surface area (TPSA) is 54.0 Å². The van der Waals surface area contributed by atoms with Gasteiger partial charge in [-0.05, 0) is 54.4 Å². The van der Waals surface area contributed by atoms with Crippen molar-refractivity contribution in [3.63, 3.8) is 0 Å². The number of carbonyl (C=O) groups is 1. The Hall–Kier alpha value is -3.28. The molecule has 0 unspecified atom stereocenters. The van der Waals surface area contributed by atoms with Gasteiger partial charge in [0.25, 0.3) is 5.91 Å². The lowest BCUT2D eigenvalue weighted by Gasteiger charge is -2.09. The van der Waals surface area contributed by atoms with Gasteiger partial charge < -0.3 is 10.6 Å². The zero-order chi connectivity index (χ0) is 18.4. The summed E-state index contributed by atoms with van der Waals surface area (Å²) in [5.41, 5.74) is 2.05. The maximum Gasteiger partial charge on any atom is 0.274 e. The third-order valence-corrected chi connectivity index (χ3v) is 3.78. The van der Waals surface area contributed by atoms with Crippen molar-refractivity contribution in [1.82, 2.24) is 4.98 Å². The summed E-state index contributed by atoms with van der Waals surface area (Å²) in [6, 6.07) is 15.5. The summed E-state index contributed by atoms with van der Waals surface area (Å²) in [7, 11) is 0. The molecule has 2 N–H and O–H groups in total. The Morgan fingerprint density at radius 3 is 2.50 bits per heavy atom. The number of amides is 1. The Morgan fingerprint density at radius 1 is 0.962 bits per heavy atom. The summed E-state index contributed by atoms with van der Waals surface area (Å²) in [4.78, 5) is 16.3. The number of halogens is 2. The van der Waals surface area contributed by atoms with Crippen LogP contribution in [0.5, 0.6) is 0 Å². The highest BCUT2D eigenvalue weighted by Gasteiger charge is 2.09. The largest absolute Gasteiger partial charge is 0.385 e. The number of carbonyl (C=O) groups excluding carboxylic acids is 1. The number of benzene rings is 2. The molecule has 4 nitrogen and oxygen atoms in total. The molecule has 3 aromatic rings. The van der Waals surface area contributed by atoms with Gasteiger partial charge in [-0.2, -0.15) is 0 Å². The zero-order valence-corrected chi connectivity index (χ0v) is 13.9. The van der Waals surface area contributed by atoms with Crippen LogP contribution in [0, 0.1) is 11.6 Å². The zero-order valence-electron chi connectivity index (χ0n) is 13.9. The third-order valence-electron chi connectivity index (χ3n) is 3.78. The average molecular weight is 353 g/mol. The molecule has 0 spiro atoms. The van der Waals surface area contributed by atoms with Gasteiger partial charge in [-0.1, -0.05) is 18.2 Å². The van der Waals surface area contributed by atoms with Crippen molar-refractivity contribution in [3.05, 3.63) is 89.8 Å². The Kier molecular flexibility index (Phi) is 5.53. The highest BCUT2D eigenvalue weighted by atomic mass is 19.1. The molecule has 0 fully saturated rings. The minimum Gasteiger partial charge on any atom is -0.385 e. The summed E-state index contributed by atoms with van der Waals surface area (Å²) in [5, 5.41) is 5.81. The summed E-state index contributed by atoms with van der Waals surface area (Å²) in [5.74, 6) is -1.00. The standard InChI is InChI=1S/C20H17F2N3O/c21-15-5-7-16(8-6-15)25-20(26)19-13-17(10-12-24-19)23-11-9-14-3-1-2-4-18(14)22/h1-8,10,12-13H,9,11H2,(H,23,24)(H,25,26). The van der Waals surface area contributed by atoms with Gasteiger partial charge in [-0.25, -0.2) is 8.78 Å². The van der Waals surface area contributed by atoms with Gasteiger partial charge in [-0.15, -0.1) is 0 Å². The molecule has 1 amide bonds. The van der Waals surface area contributed by atoms with Gasteiger partial charge in [0.05, 0.1) is 0 Å². The van der Waals surface area contributed by atoms with Gasteiger partial charge in [0.1, 0.15) is 17.3 Å². The molecule has 0 bridgehead atoms. The molecule has 2 aromatic carbocycles. The molecule has 0 aliphatic rings. The molecular weight excluding hydrogens is 336 g/mol. The van der Waals surface area contributed by atoms with Gasteiger partial charge in [0, 0.05) is 24.1 Å². The molecule has 1 aromatic heterocycles. The average Bonchev–Trinajstić information content (AvgIpc) is 2.65. The number of nitrogens with one attached hydrogen (secondary N) is 2. The predicted octanol–water partition coefficient (Wildman–Crippen LogP) is 4.27. The van der Waals surface area contributed by atoms with Crippen molar-refractivity contribution in [3.8, 4) is 0 Å². The first-order valence-corrected chi connectivity index (χ1v) is 8.12. The molecular formula is C20H17F2N3O. The van der Waals surface area contributed by atoms with E-state index < -0.39 is 5.91 Å². The molecule has 3 rings (SSSR count). The van der Waals surface area contributed by atoms with Crippen LogP contribution in [0.15, 0.2) is 66.9 Å². The van der Waals surface area contributed by atoms with E-state index in [4.69, 9.17) is 0 Å². The fourth-order valence-corrected chi connectivity index (χ4v) is 2.44. The Balaban J connectivity index is 1.59. The molecule has 26 heavy (non-hydrogen) atoms. The second-order valence-electron chi connectivity index (χ2n) is 5.66. The van der Waals surface area contributed by atoms with Crippen molar-refractivity contribution < 1.29 is 13.6 Å². The van der Waals surface area contributed by atoms with Crippen LogP contribution in [0.4, 0.5) is 20.2 Å². The van der Waals surface area contributed by atoms with Crippen molar-refractivity contribution in [1.29, 1.82) is 0 Å². The fourth-order valence-electron chi connectivity index (χ4n) is 2.44. The Morgan fingerprint density at radius 2 is 1.73 bits per heavy atom. The van der Waals surface area contributed by atoms with Gasteiger partial charge in [-0.3, -0.25) is 9.78 Å². The first kappa shape index (κ1) is 17.5. The van der Waals surface area contributed by atoms with E-state index >= 15 is 0 Å². The van der Waals surface area contributed by atoms with Crippen molar-refractivity contribution in [2.45, 2.75) is 6.42 Å². The second-order valence-corrected chi connectivity index (χ2v) is 5.66. The highest BCUT2D eigenvalue weighted by molar-refractivity contribution is 6.03. The van der Waals surface area contributed by atoms with Gasteiger partial charge in [0.2, 0.25) is 0 Å². The van der Waals surface area contributed by atoms with E-state index in [2.05, 4.69) is 15.6 Å². The number of nitrogens with zero attached hydrogens (tertiary/aromatic N) is 1. The van der Waals surface area contributed by atoms with E-state index in [0.717, 1.165) is 0 Å². The summed E-state index contributed by atoms with van der Waals surface area (Å²) in [6.45, 7) is 0.518. The quantitative estimate of drug-likeness (QED) is 0.696. The van der Waals surface area contributed by atoms with E-state index in [1.807, 2.05) is 0 Å². The van der Waals surface area contributed by atoms with Crippen LogP contribution in [0.1, 0.15) is 16.1 Å². The second kappa shape index (κ2) is 8.20. The van der Waals surface area contributed by atoms with Crippen LogP contribution in [-0.4, -0.2) is 17.4 Å². The molecule has 6 heteroatoms. The molecule has 0 saturated heterocycles. The van der Waals surface area contributed by atoms with E-state index in [1.165, 1.54) is 36.5 Å². The molecule has 132 valence electrons. The fraction of sp³-hybridized carbons (Fsp3) is 0.100. The molecule has 0 aliphatic heterocycles. The van der Waals surface area contributed by atoms with E-state index in [-0.39, 0.29) is 17.3 Å². The van der Waals surface area contributed by atoms with Gasteiger partial charge >= 0.3 is 0 Å². The molecule has 0 atom stereocenters. The predicted molar refractivity (Wildman–Crippen MR) is 97.2 cm³/mol. The first-order valence-electron chi connectivity index (χ1n) is 8.12. The normalized spacial score (nSPS) is 10.4. The first-order chi connectivity index (χ1) is 12.6. The highest BCUT2D eigenvalue weighted by Crippen LogP contribution is 2.13. The summed E-state index contributed by atoms with van der Waals surface area (Å²) >= 11 is 0. The van der Waals surface area contributed by atoms with Crippen LogP contribution in [-0.2, 0) is 6.42 Å². The number of aromatic nitrogens is 1. The van der Waals surface area contributed by atoms with Crippen LogP contribution in [0.2, 0.25) is 0 Å². The number of anilines is 2. The van der Waals surface area contributed by atoms with Crippen molar-refractivity contribution in [2.24, 2.45) is 0 Å². The van der Waals surface area contributed by atoms with Crippen LogP contribution in [0.3, 0.4) is 0 Å². The van der Waals surface area contributed by atoms with Crippen LogP contribution in [0.25, 0.3) is 0 Å². The minimum absolute atomic E-state index is 0.227. The lowest BCUT2D eigenvalue weighted by molar-refractivity contribution is 0.102. The van der Waals surface area contributed by atoms with Crippen molar-refractivity contribution in [2.75, 3.05) is 17.2 Å². The van der Waals surface area contributed by atoms with Crippen LogP contribution < -0.4 is 10.6 Å². The lowest BCUT2D eigenvalue weighted by Crippen LogP contribution is -2.14. The Labute approximate surface area is 149 Å². The molecule has 0 saturated carbocycles. The molecule has 0 aliphatic carbocycles. The third kappa shape index (κ3) is 4.63. The number of hydrogen-bond acceptors (Lipinski definition) is 3. The SMILES string of the molecule is O=C(Nc1ccc(F)cc1)c1cc(NCCc2ccccc2F)ccn1. The van der Waals surface area contributed by atoms with E-state index in [0.29, 0.717) is 29.9 Å². The maximum absolute atomic E-state index is 13.6. The number of pyridine rings is 1.